The van der Waals surface area contributed by atoms with Crippen LogP contribution < -0.4 is 0 Å². The number of likely N-dealkylation sites (tertiary alicyclic amines) is 1. The molecule has 96 valence electrons. The van der Waals surface area contributed by atoms with E-state index in [0.717, 1.165) is 0 Å². The minimum Gasteiger partial charge on any atom is -0.481 e. The summed E-state index contributed by atoms with van der Waals surface area (Å²) in [5, 5.41) is 8.76. The number of carbonyl (C=O) groups is 3. The summed E-state index contributed by atoms with van der Waals surface area (Å²) < 4.78 is 5.11. The first-order valence-electron chi connectivity index (χ1n) is 5.44. The van der Waals surface area contributed by atoms with Gasteiger partial charge in [0.1, 0.15) is 11.5 Å². The normalized spacial score (nSPS) is 21.2. The summed E-state index contributed by atoms with van der Waals surface area (Å²) in [5.74, 6) is -2.57. The molecule has 1 aliphatic heterocycles. The van der Waals surface area contributed by atoms with Crippen LogP contribution in [0.15, 0.2) is 0 Å². The lowest BCUT2D eigenvalue weighted by molar-refractivity contribution is -0.148. The van der Waals surface area contributed by atoms with Crippen molar-refractivity contribution in [2.45, 2.75) is 32.8 Å². The molecule has 0 radical (unpaired) electrons. The zero-order valence-electron chi connectivity index (χ0n) is 10.2. The predicted molar refractivity (Wildman–Crippen MR) is 58.6 cm³/mol. The van der Waals surface area contributed by atoms with Crippen LogP contribution in [0.4, 0.5) is 4.79 Å². The Morgan fingerprint density at radius 1 is 1.41 bits per heavy atom. The molecule has 1 saturated heterocycles. The van der Waals surface area contributed by atoms with Crippen LogP contribution in [0.25, 0.3) is 0 Å². The van der Waals surface area contributed by atoms with Gasteiger partial charge < -0.3 is 14.7 Å². The van der Waals surface area contributed by atoms with Crippen molar-refractivity contribution in [2.24, 2.45) is 5.92 Å². The van der Waals surface area contributed by atoms with E-state index in [1.165, 1.54) is 4.90 Å². The van der Waals surface area contributed by atoms with E-state index < -0.39 is 29.4 Å². The molecule has 0 unspecified atom stereocenters. The van der Waals surface area contributed by atoms with Crippen molar-refractivity contribution in [3.05, 3.63) is 0 Å². The molecule has 1 amide bonds. The van der Waals surface area contributed by atoms with Crippen molar-refractivity contribution in [3.63, 3.8) is 0 Å². The molecule has 0 aromatic heterocycles. The minimum atomic E-state index is -1.13. The molecule has 0 bridgehead atoms. The quantitative estimate of drug-likeness (QED) is 0.691. The average molecular weight is 243 g/mol. The van der Waals surface area contributed by atoms with E-state index in [4.69, 9.17) is 9.84 Å². The smallest absolute Gasteiger partial charge is 0.410 e. The number of hydrogen-bond acceptors (Lipinski definition) is 4. The summed E-state index contributed by atoms with van der Waals surface area (Å²) in [7, 11) is 0. The van der Waals surface area contributed by atoms with E-state index in [9.17, 15) is 14.4 Å². The third-order valence-electron chi connectivity index (χ3n) is 2.37. The van der Waals surface area contributed by atoms with E-state index in [0.29, 0.717) is 0 Å². The number of ether oxygens (including phenoxy) is 1. The highest BCUT2D eigenvalue weighted by molar-refractivity contribution is 6.00. The Kier molecular flexibility index (Phi) is 3.75. The van der Waals surface area contributed by atoms with E-state index >= 15 is 0 Å². The van der Waals surface area contributed by atoms with Crippen LogP contribution >= 0.6 is 0 Å². The maximum Gasteiger partial charge on any atom is 0.410 e. The van der Waals surface area contributed by atoms with E-state index in [-0.39, 0.29) is 19.5 Å². The summed E-state index contributed by atoms with van der Waals surface area (Å²) >= 11 is 0. The molecule has 0 aromatic rings. The number of aliphatic carboxylic acids is 1. The molecule has 1 rings (SSSR count). The van der Waals surface area contributed by atoms with Crippen LogP contribution in [0.5, 0.6) is 0 Å². The van der Waals surface area contributed by atoms with Crippen LogP contribution in [0.2, 0.25) is 0 Å². The lowest BCUT2D eigenvalue weighted by atomic mass is 9.96. The summed E-state index contributed by atoms with van der Waals surface area (Å²) in [6.07, 6.45) is -0.428. The third-order valence-corrected chi connectivity index (χ3v) is 2.37. The maximum absolute atomic E-state index is 11.6. The minimum absolute atomic E-state index is 0.146. The van der Waals surface area contributed by atoms with Crippen LogP contribution in [0.3, 0.4) is 0 Å². The van der Waals surface area contributed by atoms with Gasteiger partial charge >= 0.3 is 12.1 Å². The third kappa shape index (κ3) is 3.72. The first-order chi connectivity index (χ1) is 7.70. The van der Waals surface area contributed by atoms with Crippen LogP contribution in [-0.2, 0) is 14.3 Å². The number of carbonyl (C=O) groups excluding carboxylic acids is 2. The van der Waals surface area contributed by atoms with Crippen molar-refractivity contribution >= 4 is 17.8 Å². The molecule has 17 heavy (non-hydrogen) atoms. The van der Waals surface area contributed by atoms with Gasteiger partial charge in [0, 0.05) is 6.54 Å². The Hall–Kier alpha value is -1.59. The molecule has 1 fully saturated rings. The second-order valence-corrected chi connectivity index (χ2v) is 5.05. The number of hydrogen-bond donors (Lipinski definition) is 1. The molecule has 1 N–H and O–H groups in total. The van der Waals surface area contributed by atoms with Gasteiger partial charge in [-0.3, -0.25) is 9.59 Å². The van der Waals surface area contributed by atoms with Gasteiger partial charge in [0.05, 0.1) is 6.54 Å². The highest BCUT2D eigenvalue weighted by Crippen LogP contribution is 2.17. The second kappa shape index (κ2) is 4.73. The predicted octanol–water partition coefficient (Wildman–Crippen LogP) is 0.897. The molecule has 1 aliphatic rings. The second-order valence-electron chi connectivity index (χ2n) is 5.05. The van der Waals surface area contributed by atoms with Crippen LogP contribution in [0, 0.1) is 5.92 Å². The molecule has 0 aromatic carbocycles. The zero-order valence-corrected chi connectivity index (χ0v) is 10.2. The Labute approximate surface area is 99.5 Å². The molecule has 6 heteroatoms. The summed E-state index contributed by atoms with van der Waals surface area (Å²) in [6.45, 7) is 5.24. The zero-order chi connectivity index (χ0) is 13.2. The molecule has 0 aliphatic carbocycles. The highest BCUT2D eigenvalue weighted by Gasteiger charge is 2.35. The van der Waals surface area contributed by atoms with E-state index in [1.807, 2.05) is 0 Å². The van der Waals surface area contributed by atoms with Gasteiger partial charge in [-0.1, -0.05) is 0 Å². The van der Waals surface area contributed by atoms with Gasteiger partial charge in [0.15, 0.2) is 5.78 Å². The number of carboxylic acid groups (broad SMARTS) is 1. The molecule has 6 nitrogen and oxygen atoms in total. The molecule has 1 atom stereocenters. The van der Waals surface area contributed by atoms with Crippen molar-refractivity contribution in [3.8, 4) is 0 Å². The molecular weight excluding hydrogens is 226 g/mol. The average Bonchev–Trinajstić information content (AvgIpc) is 2.14. The molecule has 0 saturated carbocycles. The number of Topliss-reactive ketones (excluding diaryl/α,β-unsaturated/α-hetero) is 1. The van der Waals surface area contributed by atoms with Gasteiger partial charge in [0.2, 0.25) is 0 Å². The lowest BCUT2D eigenvalue weighted by Crippen LogP contribution is -2.47. The summed E-state index contributed by atoms with van der Waals surface area (Å²) in [5.41, 5.74) is -0.621. The Morgan fingerprint density at radius 2 is 2.00 bits per heavy atom. The Bertz CT molecular complexity index is 344. The topological polar surface area (TPSA) is 83.9 Å². The lowest BCUT2D eigenvalue weighted by Gasteiger charge is -2.31. The fraction of sp³-hybridized carbons (Fsp3) is 0.727. The first kappa shape index (κ1) is 13.5. The number of carboxylic acids is 1. The standard InChI is InChI=1S/C11H17NO5/c1-11(2,3)17-10(16)12-5-4-7(9(14)15)8(13)6-12/h7H,4-6H2,1-3H3,(H,14,15)/t7-/m1/s1. The van der Waals surface area contributed by atoms with Gasteiger partial charge in [-0.15, -0.1) is 0 Å². The van der Waals surface area contributed by atoms with Crippen molar-refractivity contribution in [1.82, 2.24) is 4.90 Å². The van der Waals surface area contributed by atoms with Crippen LogP contribution in [-0.4, -0.2) is 46.5 Å². The van der Waals surface area contributed by atoms with Gasteiger partial charge in [-0.25, -0.2) is 4.79 Å². The summed E-state index contributed by atoms with van der Waals surface area (Å²) in [4.78, 5) is 35.1. The summed E-state index contributed by atoms with van der Waals surface area (Å²) in [6, 6.07) is 0. The first-order valence-corrected chi connectivity index (χ1v) is 5.44. The fourth-order valence-corrected chi connectivity index (χ4v) is 1.57. The largest absolute Gasteiger partial charge is 0.481 e. The van der Waals surface area contributed by atoms with Gasteiger partial charge in [-0.2, -0.15) is 0 Å². The Balaban J connectivity index is 2.58. The molecular formula is C11H17NO5. The number of nitrogens with zero attached hydrogens (tertiary/aromatic N) is 1. The van der Waals surface area contributed by atoms with Crippen molar-refractivity contribution < 1.29 is 24.2 Å². The highest BCUT2D eigenvalue weighted by atomic mass is 16.6. The molecule has 0 spiro atoms. The number of rotatable bonds is 1. The number of piperidine rings is 1. The number of amides is 1. The van der Waals surface area contributed by atoms with E-state index in [2.05, 4.69) is 0 Å². The number of ketones is 1. The maximum atomic E-state index is 11.6. The fourth-order valence-electron chi connectivity index (χ4n) is 1.57. The Morgan fingerprint density at radius 3 is 2.41 bits per heavy atom. The van der Waals surface area contributed by atoms with Crippen LogP contribution in [0.1, 0.15) is 27.2 Å². The molecule has 1 heterocycles. The van der Waals surface area contributed by atoms with Crippen molar-refractivity contribution in [2.75, 3.05) is 13.1 Å². The van der Waals surface area contributed by atoms with E-state index in [1.54, 1.807) is 20.8 Å². The van der Waals surface area contributed by atoms with Crippen molar-refractivity contribution in [1.29, 1.82) is 0 Å². The van der Waals surface area contributed by atoms with Gasteiger partial charge in [-0.05, 0) is 27.2 Å². The monoisotopic (exact) mass is 243 g/mol. The van der Waals surface area contributed by atoms with Gasteiger partial charge in [0.25, 0.3) is 0 Å². The SMILES string of the molecule is CC(C)(C)OC(=O)N1CC[C@@H](C(=O)O)C(=O)C1.